The quantitative estimate of drug-likeness (QED) is 0.586. The van der Waals surface area contributed by atoms with Gasteiger partial charge in [0.2, 0.25) is 0 Å². The summed E-state index contributed by atoms with van der Waals surface area (Å²) >= 11 is 0. The molecular weight excluding hydrogens is 186 g/mol. The summed E-state index contributed by atoms with van der Waals surface area (Å²) < 4.78 is 0. The van der Waals surface area contributed by atoms with E-state index in [1.165, 1.54) is 0 Å². The molecule has 1 amide bonds. The second-order valence-electron chi connectivity index (χ2n) is 2.97. The molecule has 0 aromatic heterocycles. The molecule has 0 saturated carbocycles. The lowest BCUT2D eigenvalue weighted by Crippen LogP contribution is -2.25. The fourth-order valence-corrected chi connectivity index (χ4v) is 1.23. The van der Waals surface area contributed by atoms with Crippen LogP contribution >= 0.6 is 0 Å². The Labute approximate surface area is 90.0 Å². The molecule has 1 unspecified atom stereocenters. The molecule has 0 aliphatic carbocycles. The van der Waals surface area contributed by atoms with Gasteiger partial charge in [-0.25, -0.2) is 0 Å². The highest BCUT2D eigenvalue weighted by molar-refractivity contribution is 5.93. The van der Waals surface area contributed by atoms with E-state index in [0.717, 1.165) is 5.56 Å². The number of hydrogen-bond acceptors (Lipinski definition) is 1. The van der Waals surface area contributed by atoms with Crippen LogP contribution in [-0.4, -0.2) is 5.91 Å². The fraction of sp³-hybridized carbons (Fsp3) is 0.154. The third kappa shape index (κ3) is 3.32. The molecule has 2 heteroatoms. The lowest BCUT2D eigenvalue weighted by molar-refractivity contribution is -0.116. The van der Waals surface area contributed by atoms with Crippen LogP contribution in [0.25, 0.3) is 0 Å². The van der Waals surface area contributed by atoms with E-state index in [1.807, 2.05) is 30.3 Å². The van der Waals surface area contributed by atoms with Gasteiger partial charge >= 0.3 is 0 Å². The van der Waals surface area contributed by atoms with Crippen LogP contribution in [0.4, 0.5) is 0 Å². The number of amides is 1. The third-order valence-electron chi connectivity index (χ3n) is 1.92. The molecule has 1 aromatic rings. The van der Waals surface area contributed by atoms with Crippen molar-refractivity contribution in [2.24, 2.45) is 0 Å². The minimum Gasteiger partial charge on any atom is -0.335 e. The van der Waals surface area contributed by atoms with Gasteiger partial charge in [-0.15, -0.1) is 6.58 Å². The van der Waals surface area contributed by atoms with E-state index in [9.17, 15) is 4.79 Å². The molecule has 0 spiro atoms. The normalized spacial score (nSPS) is 10.7. The minimum atomic E-state index is -0.286. The number of carbonyl (C=O) groups excluding carboxylic acids is 1. The zero-order chi connectivity index (χ0) is 11.1. The highest BCUT2D eigenvalue weighted by Crippen LogP contribution is 2.12. The Bertz CT molecular complexity index is 398. The zero-order valence-corrected chi connectivity index (χ0v) is 8.66. The van der Waals surface area contributed by atoms with Crippen molar-refractivity contribution in [2.75, 3.05) is 0 Å². The Morgan fingerprint density at radius 1 is 1.47 bits per heavy atom. The molecule has 0 fully saturated rings. The van der Waals surface area contributed by atoms with E-state index < -0.39 is 0 Å². The van der Waals surface area contributed by atoms with Crippen LogP contribution < -0.4 is 5.32 Å². The van der Waals surface area contributed by atoms with E-state index in [2.05, 4.69) is 23.7 Å². The van der Waals surface area contributed by atoms with Gasteiger partial charge in [0.25, 0.3) is 5.91 Å². The predicted molar refractivity (Wildman–Crippen MR) is 61.0 cm³/mol. The molecule has 15 heavy (non-hydrogen) atoms. The number of hydrogen-bond donors (Lipinski definition) is 1. The van der Waals surface area contributed by atoms with Gasteiger partial charge in [0.15, 0.2) is 0 Å². The van der Waals surface area contributed by atoms with Gasteiger partial charge in [0, 0.05) is 0 Å². The van der Waals surface area contributed by atoms with Crippen LogP contribution in [0, 0.1) is 11.8 Å². The number of carbonyl (C=O) groups is 1. The second-order valence-corrected chi connectivity index (χ2v) is 2.97. The average Bonchev–Trinajstić information content (AvgIpc) is 2.27. The molecule has 0 heterocycles. The molecule has 1 rings (SSSR count). The Morgan fingerprint density at radius 3 is 2.67 bits per heavy atom. The highest BCUT2D eigenvalue weighted by Gasteiger charge is 2.08. The first-order valence-corrected chi connectivity index (χ1v) is 4.68. The maximum Gasteiger partial charge on any atom is 0.296 e. The lowest BCUT2D eigenvalue weighted by Gasteiger charge is -2.12. The van der Waals surface area contributed by atoms with Crippen LogP contribution in [-0.2, 0) is 4.79 Å². The first-order valence-electron chi connectivity index (χ1n) is 4.68. The summed E-state index contributed by atoms with van der Waals surface area (Å²) in [5.74, 6) is 4.70. The van der Waals surface area contributed by atoms with Crippen LogP contribution in [0.2, 0.25) is 0 Å². The van der Waals surface area contributed by atoms with Crippen LogP contribution in [0.15, 0.2) is 43.0 Å². The molecule has 0 saturated heterocycles. The summed E-state index contributed by atoms with van der Waals surface area (Å²) in [5, 5.41) is 2.75. The van der Waals surface area contributed by atoms with Crippen molar-refractivity contribution < 1.29 is 4.79 Å². The SMILES string of the molecule is C=CC(NC(=O)C#CC)c1ccccc1. The molecular formula is C13H13NO. The number of rotatable bonds is 3. The van der Waals surface area contributed by atoms with E-state index in [0.29, 0.717) is 0 Å². The standard InChI is InChI=1S/C13H13NO/c1-3-8-13(15)14-12(4-2)11-9-6-5-7-10-11/h4-7,9-10,12H,2H2,1H3,(H,14,15). The summed E-state index contributed by atoms with van der Waals surface area (Å²) in [5.41, 5.74) is 0.999. The smallest absolute Gasteiger partial charge is 0.296 e. The highest BCUT2D eigenvalue weighted by atomic mass is 16.1. The van der Waals surface area contributed by atoms with Gasteiger partial charge in [-0.1, -0.05) is 42.3 Å². The van der Waals surface area contributed by atoms with E-state index in [4.69, 9.17) is 0 Å². The maximum atomic E-state index is 11.3. The fourth-order valence-electron chi connectivity index (χ4n) is 1.23. The largest absolute Gasteiger partial charge is 0.335 e. The van der Waals surface area contributed by atoms with Crippen molar-refractivity contribution in [3.05, 3.63) is 48.6 Å². The van der Waals surface area contributed by atoms with Gasteiger partial charge in [-0.2, -0.15) is 0 Å². The molecule has 2 nitrogen and oxygen atoms in total. The summed E-state index contributed by atoms with van der Waals surface area (Å²) in [4.78, 5) is 11.3. The van der Waals surface area contributed by atoms with E-state index in [1.54, 1.807) is 13.0 Å². The second kappa shape index (κ2) is 5.66. The summed E-state index contributed by atoms with van der Waals surface area (Å²) in [7, 11) is 0. The lowest BCUT2D eigenvalue weighted by atomic mass is 10.1. The predicted octanol–water partition coefficient (Wildman–Crippen LogP) is 2.05. The van der Waals surface area contributed by atoms with Gasteiger partial charge in [-0.3, -0.25) is 4.79 Å². The monoisotopic (exact) mass is 199 g/mol. The summed E-state index contributed by atoms with van der Waals surface area (Å²) in [6.45, 7) is 5.32. The number of benzene rings is 1. The first kappa shape index (κ1) is 11.1. The molecule has 1 aromatic carbocycles. The number of nitrogens with one attached hydrogen (secondary N) is 1. The molecule has 76 valence electrons. The van der Waals surface area contributed by atoms with Crippen molar-refractivity contribution in [1.82, 2.24) is 5.32 Å². The maximum absolute atomic E-state index is 11.3. The topological polar surface area (TPSA) is 29.1 Å². The molecule has 0 aliphatic heterocycles. The first-order chi connectivity index (χ1) is 7.27. The van der Waals surface area contributed by atoms with Crippen molar-refractivity contribution >= 4 is 5.91 Å². The Kier molecular flexibility index (Phi) is 4.18. The van der Waals surface area contributed by atoms with Gasteiger partial charge in [0.05, 0.1) is 6.04 Å². The van der Waals surface area contributed by atoms with E-state index in [-0.39, 0.29) is 11.9 Å². The van der Waals surface area contributed by atoms with Gasteiger partial charge < -0.3 is 5.32 Å². The van der Waals surface area contributed by atoms with Crippen LogP contribution in [0.5, 0.6) is 0 Å². The Morgan fingerprint density at radius 2 is 2.13 bits per heavy atom. The van der Waals surface area contributed by atoms with Crippen molar-refractivity contribution in [3.63, 3.8) is 0 Å². The van der Waals surface area contributed by atoms with Crippen molar-refractivity contribution in [1.29, 1.82) is 0 Å². The van der Waals surface area contributed by atoms with Crippen LogP contribution in [0.1, 0.15) is 18.5 Å². The minimum absolute atomic E-state index is 0.181. The molecule has 0 bridgehead atoms. The summed E-state index contributed by atoms with van der Waals surface area (Å²) in [6.07, 6.45) is 1.69. The molecule has 0 aliphatic rings. The average molecular weight is 199 g/mol. The Hall–Kier alpha value is -2.01. The van der Waals surface area contributed by atoms with Crippen molar-refractivity contribution in [3.8, 4) is 11.8 Å². The van der Waals surface area contributed by atoms with E-state index >= 15 is 0 Å². The zero-order valence-electron chi connectivity index (χ0n) is 8.66. The molecule has 0 radical (unpaired) electrons. The van der Waals surface area contributed by atoms with Crippen molar-refractivity contribution in [2.45, 2.75) is 13.0 Å². The molecule has 1 atom stereocenters. The third-order valence-corrected chi connectivity index (χ3v) is 1.92. The Balaban J connectivity index is 2.76. The van der Waals surface area contributed by atoms with Gasteiger partial charge in [-0.05, 0) is 18.4 Å². The van der Waals surface area contributed by atoms with Crippen LogP contribution in [0.3, 0.4) is 0 Å². The summed E-state index contributed by atoms with van der Waals surface area (Å²) in [6, 6.07) is 9.46. The van der Waals surface area contributed by atoms with Gasteiger partial charge in [0.1, 0.15) is 0 Å². The molecule has 1 N–H and O–H groups in total.